The molecule has 126 valence electrons. The van der Waals surface area contributed by atoms with Crippen molar-refractivity contribution in [3.05, 3.63) is 29.8 Å². The van der Waals surface area contributed by atoms with Gasteiger partial charge in [-0.05, 0) is 30.7 Å². The number of carboxylic acids is 1. The van der Waals surface area contributed by atoms with Crippen molar-refractivity contribution in [1.29, 1.82) is 0 Å². The maximum Gasteiger partial charge on any atom is 0.326 e. The first kappa shape index (κ1) is 18.7. The Hall–Kier alpha value is -2.37. The van der Waals surface area contributed by atoms with Crippen LogP contribution < -0.4 is 10.1 Å². The Balaban J connectivity index is 2.60. The largest absolute Gasteiger partial charge is 0.480 e. The van der Waals surface area contributed by atoms with Gasteiger partial charge in [-0.3, -0.25) is 9.59 Å². The van der Waals surface area contributed by atoms with E-state index in [0.29, 0.717) is 17.7 Å². The predicted octanol–water partition coefficient (Wildman–Crippen LogP) is 2.77. The lowest BCUT2D eigenvalue weighted by Gasteiger charge is -2.14. The number of esters is 1. The third-order valence-corrected chi connectivity index (χ3v) is 3.33. The molecule has 0 saturated carbocycles. The molecule has 23 heavy (non-hydrogen) atoms. The van der Waals surface area contributed by atoms with Crippen LogP contribution in [0.15, 0.2) is 24.3 Å². The van der Waals surface area contributed by atoms with Crippen LogP contribution in [0.3, 0.4) is 0 Å². The molecule has 6 heteroatoms. The van der Waals surface area contributed by atoms with E-state index in [1.807, 2.05) is 0 Å². The average molecular weight is 321 g/mol. The van der Waals surface area contributed by atoms with Crippen molar-refractivity contribution in [2.24, 2.45) is 0 Å². The SMILES string of the molecule is CCCCCC[C@@H](NC(=O)c1ccc(OC(C)=O)cc1)C(=O)O. The van der Waals surface area contributed by atoms with Crippen molar-refractivity contribution >= 4 is 17.8 Å². The molecule has 6 nitrogen and oxygen atoms in total. The van der Waals surface area contributed by atoms with Gasteiger partial charge in [0.1, 0.15) is 11.8 Å². The van der Waals surface area contributed by atoms with Crippen LogP contribution in [0.2, 0.25) is 0 Å². The minimum absolute atomic E-state index is 0.320. The van der Waals surface area contributed by atoms with Crippen LogP contribution >= 0.6 is 0 Å². The number of amides is 1. The zero-order chi connectivity index (χ0) is 17.2. The van der Waals surface area contributed by atoms with Gasteiger partial charge < -0.3 is 15.2 Å². The number of carbonyl (C=O) groups excluding carboxylic acids is 2. The minimum Gasteiger partial charge on any atom is -0.480 e. The summed E-state index contributed by atoms with van der Waals surface area (Å²) in [5.74, 6) is -1.60. The van der Waals surface area contributed by atoms with E-state index in [0.717, 1.165) is 25.7 Å². The number of aliphatic carboxylic acids is 1. The molecule has 0 saturated heterocycles. The molecule has 0 bridgehead atoms. The molecule has 0 aromatic heterocycles. The number of hydrogen-bond donors (Lipinski definition) is 2. The first-order valence-electron chi connectivity index (χ1n) is 7.76. The average Bonchev–Trinajstić information content (AvgIpc) is 2.50. The summed E-state index contributed by atoms with van der Waals surface area (Å²) >= 11 is 0. The highest BCUT2D eigenvalue weighted by Crippen LogP contribution is 2.13. The molecule has 2 N–H and O–H groups in total. The molecule has 1 aromatic carbocycles. The number of nitrogens with one attached hydrogen (secondary N) is 1. The summed E-state index contributed by atoms with van der Waals surface area (Å²) in [6, 6.07) is 5.07. The second kappa shape index (κ2) is 9.61. The van der Waals surface area contributed by atoms with Crippen molar-refractivity contribution in [3.63, 3.8) is 0 Å². The molecule has 0 aliphatic carbocycles. The molecule has 1 aromatic rings. The van der Waals surface area contributed by atoms with Gasteiger partial charge in [0.05, 0.1) is 0 Å². The van der Waals surface area contributed by atoms with Gasteiger partial charge in [-0.1, -0.05) is 32.6 Å². The Bertz CT molecular complexity index is 538. The van der Waals surface area contributed by atoms with E-state index >= 15 is 0 Å². The Kier molecular flexibility index (Phi) is 7.80. The lowest BCUT2D eigenvalue weighted by Crippen LogP contribution is -2.40. The molecule has 1 atom stereocenters. The molecule has 0 aliphatic rings. The van der Waals surface area contributed by atoms with Gasteiger partial charge in [0.2, 0.25) is 0 Å². The van der Waals surface area contributed by atoms with E-state index < -0.39 is 23.9 Å². The van der Waals surface area contributed by atoms with Crippen LogP contribution in [0.4, 0.5) is 0 Å². The van der Waals surface area contributed by atoms with Crippen LogP contribution in [0.25, 0.3) is 0 Å². The third kappa shape index (κ3) is 6.95. The first-order valence-corrected chi connectivity index (χ1v) is 7.76. The van der Waals surface area contributed by atoms with Gasteiger partial charge in [-0.15, -0.1) is 0 Å². The van der Waals surface area contributed by atoms with Crippen molar-refractivity contribution in [2.75, 3.05) is 0 Å². The number of ether oxygens (including phenoxy) is 1. The quantitative estimate of drug-likeness (QED) is 0.414. The van der Waals surface area contributed by atoms with Crippen LogP contribution in [-0.4, -0.2) is 29.0 Å². The number of hydrogen-bond acceptors (Lipinski definition) is 4. The zero-order valence-corrected chi connectivity index (χ0v) is 13.5. The summed E-state index contributed by atoms with van der Waals surface area (Å²) in [6.45, 7) is 3.37. The lowest BCUT2D eigenvalue weighted by molar-refractivity contribution is -0.139. The first-order chi connectivity index (χ1) is 10.9. The van der Waals surface area contributed by atoms with E-state index in [1.165, 1.54) is 31.2 Å². The molecule has 1 amide bonds. The van der Waals surface area contributed by atoms with Gasteiger partial charge in [0.15, 0.2) is 0 Å². The zero-order valence-electron chi connectivity index (χ0n) is 13.5. The molecule has 0 fully saturated rings. The number of benzene rings is 1. The molecule has 0 radical (unpaired) electrons. The Morgan fingerprint density at radius 1 is 1.13 bits per heavy atom. The fourth-order valence-electron chi connectivity index (χ4n) is 2.11. The highest BCUT2D eigenvalue weighted by Gasteiger charge is 2.20. The van der Waals surface area contributed by atoms with E-state index in [1.54, 1.807) is 0 Å². The number of unbranched alkanes of at least 4 members (excludes halogenated alkanes) is 3. The molecule has 0 heterocycles. The third-order valence-electron chi connectivity index (χ3n) is 3.33. The highest BCUT2D eigenvalue weighted by molar-refractivity contribution is 5.96. The summed E-state index contributed by atoms with van der Waals surface area (Å²) in [5, 5.41) is 11.7. The monoisotopic (exact) mass is 321 g/mol. The van der Waals surface area contributed by atoms with Crippen LogP contribution in [0, 0.1) is 0 Å². The maximum atomic E-state index is 12.1. The Labute approximate surface area is 135 Å². The fraction of sp³-hybridized carbons (Fsp3) is 0.471. The van der Waals surface area contributed by atoms with Gasteiger partial charge in [-0.25, -0.2) is 4.79 Å². The molecular formula is C17H23NO5. The van der Waals surface area contributed by atoms with E-state index in [4.69, 9.17) is 4.74 Å². The van der Waals surface area contributed by atoms with E-state index in [-0.39, 0.29) is 0 Å². The molecule has 0 spiro atoms. The molecule has 1 rings (SSSR count). The Morgan fingerprint density at radius 3 is 2.30 bits per heavy atom. The fourth-order valence-corrected chi connectivity index (χ4v) is 2.11. The minimum atomic E-state index is -1.04. The number of carbonyl (C=O) groups is 3. The van der Waals surface area contributed by atoms with Crippen molar-refractivity contribution in [3.8, 4) is 5.75 Å². The highest BCUT2D eigenvalue weighted by atomic mass is 16.5. The van der Waals surface area contributed by atoms with Crippen molar-refractivity contribution in [1.82, 2.24) is 5.32 Å². The van der Waals surface area contributed by atoms with Crippen LogP contribution in [-0.2, 0) is 9.59 Å². The summed E-state index contributed by atoms with van der Waals surface area (Å²) in [5.41, 5.74) is 0.320. The van der Waals surface area contributed by atoms with Gasteiger partial charge in [0, 0.05) is 12.5 Å². The van der Waals surface area contributed by atoms with Crippen LogP contribution in [0.1, 0.15) is 56.3 Å². The molecule has 0 aliphatic heterocycles. The number of carboxylic acid groups (broad SMARTS) is 1. The standard InChI is InChI=1S/C17H23NO5/c1-3-4-5-6-7-15(17(21)22)18-16(20)13-8-10-14(11-9-13)23-12(2)19/h8-11,15H,3-7H2,1-2H3,(H,18,20)(H,21,22)/t15-/m1/s1. The molecule has 0 unspecified atom stereocenters. The van der Waals surface area contributed by atoms with Gasteiger partial charge >= 0.3 is 11.9 Å². The summed E-state index contributed by atoms with van der Waals surface area (Å²) < 4.78 is 4.88. The van der Waals surface area contributed by atoms with Gasteiger partial charge in [0.25, 0.3) is 5.91 Å². The lowest BCUT2D eigenvalue weighted by atomic mass is 10.1. The number of rotatable bonds is 9. The topological polar surface area (TPSA) is 92.7 Å². The normalized spacial score (nSPS) is 11.6. The van der Waals surface area contributed by atoms with Crippen molar-refractivity contribution < 1.29 is 24.2 Å². The van der Waals surface area contributed by atoms with Gasteiger partial charge in [-0.2, -0.15) is 0 Å². The second-order valence-corrected chi connectivity index (χ2v) is 5.33. The van der Waals surface area contributed by atoms with E-state index in [2.05, 4.69) is 12.2 Å². The summed E-state index contributed by atoms with van der Waals surface area (Å²) in [7, 11) is 0. The smallest absolute Gasteiger partial charge is 0.326 e. The predicted molar refractivity (Wildman–Crippen MR) is 85.4 cm³/mol. The van der Waals surface area contributed by atoms with E-state index in [9.17, 15) is 19.5 Å². The van der Waals surface area contributed by atoms with Crippen LogP contribution in [0.5, 0.6) is 5.75 Å². The Morgan fingerprint density at radius 2 is 1.78 bits per heavy atom. The molecular weight excluding hydrogens is 298 g/mol. The van der Waals surface area contributed by atoms with Crippen molar-refractivity contribution in [2.45, 2.75) is 52.0 Å². The second-order valence-electron chi connectivity index (χ2n) is 5.33. The summed E-state index contributed by atoms with van der Waals surface area (Å²) in [4.78, 5) is 34.2. The maximum absolute atomic E-state index is 12.1. The summed E-state index contributed by atoms with van der Waals surface area (Å²) in [6.07, 6.45) is 4.24.